The fraction of sp³-hybridized carbons (Fsp3) is 0.667. The van der Waals surface area contributed by atoms with E-state index in [1.165, 1.54) is 0 Å². The Kier molecular flexibility index (Phi) is 3.02. The van der Waals surface area contributed by atoms with Gasteiger partial charge in [0.05, 0.1) is 0 Å². The lowest BCUT2D eigenvalue weighted by Gasteiger charge is -2.03. The summed E-state index contributed by atoms with van der Waals surface area (Å²) in [5.74, 6) is 0. The second kappa shape index (κ2) is 3.40. The van der Waals surface area contributed by atoms with E-state index in [2.05, 4.69) is 10.6 Å². The number of hydrogen-bond acceptors (Lipinski definition) is 4. The van der Waals surface area contributed by atoms with Crippen LogP contribution in [0.3, 0.4) is 0 Å². The molecule has 0 aliphatic carbocycles. The van der Waals surface area contributed by atoms with Crippen molar-refractivity contribution in [2.75, 3.05) is 7.05 Å². The lowest BCUT2D eigenvalue weighted by molar-refractivity contribution is 0.541. The highest BCUT2D eigenvalue weighted by Gasteiger charge is 1.88. The first kappa shape index (κ1) is 6.21. The molecule has 0 aliphatic rings. The Morgan fingerprint density at radius 1 is 1.86 bits per heavy atom. The normalized spacial score (nSPS) is 12.1. The molecule has 0 aromatic heterocycles. The van der Waals surface area contributed by atoms with Crippen LogP contribution in [0.15, 0.2) is 0 Å². The highest BCUT2D eigenvalue weighted by Crippen LogP contribution is 1.51. The summed E-state index contributed by atoms with van der Waals surface area (Å²) in [6.45, 7) is 0. The van der Waals surface area contributed by atoms with Gasteiger partial charge in [0.15, 0.2) is 6.19 Å². The van der Waals surface area contributed by atoms with Crippen LogP contribution in [-0.4, -0.2) is 13.3 Å². The molecule has 0 heterocycles. The van der Waals surface area contributed by atoms with Gasteiger partial charge in [0.1, 0.15) is 6.29 Å². The molecule has 4 nitrogen and oxygen atoms in total. The van der Waals surface area contributed by atoms with Gasteiger partial charge < -0.3 is 0 Å². The van der Waals surface area contributed by atoms with Gasteiger partial charge in [-0.1, -0.05) is 0 Å². The van der Waals surface area contributed by atoms with Gasteiger partial charge in [-0.2, -0.15) is 5.26 Å². The largest absolute Gasteiger partial charge is 0.298 e. The number of nitrogens with zero attached hydrogens (tertiary/aromatic N) is 1. The van der Waals surface area contributed by atoms with Crippen LogP contribution in [0.1, 0.15) is 0 Å². The van der Waals surface area contributed by atoms with Gasteiger partial charge in [-0.3, -0.25) is 16.4 Å². The summed E-state index contributed by atoms with van der Waals surface area (Å²) in [6.07, 6.45) is 1.27. The van der Waals surface area contributed by atoms with E-state index in [0.717, 1.165) is 0 Å². The summed E-state index contributed by atoms with van der Waals surface area (Å²) in [5, 5.41) is 12.8. The molecule has 4 N–H and O–H groups in total. The first-order chi connectivity index (χ1) is 3.31. The van der Waals surface area contributed by atoms with E-state index in [1.807, 2.05) is 0 Å². The van der Waals surface area contributed by atoms with Crippen molar-refractivity contribution in [2.45, 2.75) is 6.29 Å². The summed E-state index contributed by atoms with van der Waals surface area (Å²) < 4.78 is 0. The summed E-state index contributed by atoms with van der Waals surface area (Å²) in [5.41, 5.74) is 5.14. The first-order valence-electron chi connectivity index (χ1n) is 1.88. The first-order valence-corrected chi connectivity index (χ1v) is 1.88. The van der Waals surface area contributed by atoms with Crippen molar-refractivity contribution < 1.29 is 0 Å². The molecule has 1 unspecified atom stereocenters. The minimum atomic E-state index is -0.412. The molecule has 0 bridgehead atoms. The minimum absolute atomic E-state index is 0.412. The van der Waals surface area contributed by atoms with Crippen molar-refractivity contribution in [3.63, 3.8) is 0 Å². The summed E-state index contributed by atoms with van der Waals surface area (Å²) >= 11 is 0. The summed E-state index contributed by atoms with van der Waals surface area (Å²) in [4.78, 5) is 0. The Hall–Kier alpha value is -0.790. The van der Waals surface area contributed by atoms with Crippen molar-refractivity contribution in [1.29, 1.82) is 5.26 Å². The molecule has 0 aromatic rings. The second-order valence-corrected chi connectivity index (χ2v) is 1.02. The Balaban J connectivity index is 3.03. The van der Waals surface area contributed by atoms with Gasteiger partial charge >= 0.3 is 0 Å². The van der Waals surface area contributed by atoms with Crippen LogP contribution in [-0.2, 0) is 0 Å². The molecule has 0 amide bonds. The predicted molar refractivity (Wildman–Crippen MR) is 25.8 cm³/mol. The molecule has 0 saturated carbocycles. The zero-order chi connectivity index (χ0) is 5.70. The Bertz CT molecular complexity index is 73.5. The fourth-order valence-electron chi connectivity index (χ4n) is 0.142. The molecule has 0 fully saturated rings. The highest BCUT2D eigenvalue weighted by atomic mass is 15.2. The van der Waals surface area contributed by atoms with Gasteiger partial charge in [-0.25, -0.2) is 0 Å². The standard InChI is InChI=1S/C3H8N4/c1-6-3(5)7-2-4/h3,6-7H,5H2,1H3. The molecule has 40 valence electrons. The lowest BCUT2D eigenvalue weighted by Crippen LogP contribution is -2.45. The van der Waals surface area contributed by atoms with E-state index in [9.17, 15) is 0 Å². The lowest BCUT2D eigenvalue weighted by atomic mass is 10.8. The summed E-state index contributed by atoms with van der Waals surface area (Å²) in [7, 11) is 1.66. The zero-order valence-corrected chi connectivity index (χ0v) is 4.10. The van der Waals surface area contributed by atoms with Crippen molar-refractivity contribution in [2.24, 2.45) is 5.73 Å². The molecule has 0 aromatic carbocycles. The van der Waals surface area contributed by atoms with E-state index in [4.69, 9.17) is 11.0 Å². The molecule has 0 radical (unpaired) electrons. The van der Waals surface area contributed by atoms with E-state index >= 15 is 0 Å². The van der Waals surface area contributed by atoms with Gasteiger partial charge in [0, 0.05) is 0 Å². The number of nitrogens with two attached hydrogens (primary N) is 1. The molecular formula is C3H8N4. The van der Waals surface area contributed by atoms with E-state index in [1.54, 1.807) is 13.2 Å². The Labute approximate surface area is 42.3 Å². The van der Waals surface area contributed by atoms with Crippen LogP contribution >= 0.6 is 0 Å². The van der Waals surface area contributed by atoms with Crippen molar-refractivity contribution in [1.82, 2.24) is 10.6 Å². The van der Waals surface area contributed by atoms with Gasteiger partial charge in [-0.15, -0.1) is 0 Å². The smallest absolute Gasteiger partial charge is 0.178 e. The second-order valence-electron chi connectivity index (χ2n) is 1.02. The highest BCUT2D eigenvalue weighted by molar-refractivity contribution is 4.67. The van der Waals surface area contributed by atoms with Crippen LogP contribution in [0, 0.1) is 11.5 Å². The Morgan fingerprint density at radius 3 is 2.57 bits per heavy atom. The third-order valence-electron chi connectivity index (χ3n) is 0.531. The monoisotopic (exact) mass is 100 g/mol. The maximum Gasteiger partial charge on any atom is 0.178 e. The maximum absolute atomic E-state index is 7.89. The van der Waals surface area contributed by atoms with Crippen LogP contribution in [0.4, 0.5) is 0 Å². The number of nitrogens with one attached hydrogen (secondary N) is 2. The molecule has 1 atom stereocenters. The van der Waals surface area contributed by atoms with Crippen molar-refractivity contribution in [3.8, 4) is 6.19 Å². The van der Waals surface area contributed by atoms with Gasteiger partial charge in [0.2, 0.25) is 0 Å². The van der Waals surface area contributed by atoms with Crippen LogP contribution in [0.25, 0.3) is 0 Å². The summed E-state index contributed by atoms with van der Waals surface area (Å²) in [6, 6.07) is 0. The van der Waals surface area contributed by atoms with Crippen LogP contribution in [0.2, 0.25) is 0 Å². The van der Waals surface area contributed by atoms with Crippen molar-refractivity contribution in [3.05, 3.63) is 0 Å². The van der Waals surface area contributed by atoms with Gasteiger partial charge in [0.25, 0.3) is 0 Å². The molecule has 0 saturated heterocycles. The minimum Gasteiger partial charge on any atom is -0.298 e. The number of rotatable bonds is 2. The van der Waals surface area contributed by atoms with E-state index in [0.29, 0.717) is 0 Å². The molecule has 0 aliphatic heterocycles. The van der Waals surface area contributed by atoms with E-state index < -0.39 is 6.29 Å². The molecule has 7 heavy (non-hydrogen) atoms. The van der Waals surface area contributed by atoms with E-state index in [-0.39, 0.29) is 0 Å². The third kappa shape index (κ3) is 3.03. The van der Waals surface area contributed by atoms with Crippen LogP contribution < -0.4 is 16.4 Å². The van der Waals surface area contributed by atoms with Crippen molar-refractivity contribution >= 4 is 0 Å². The average molecular weight is 100 g/mol. The average Bonchev–Trinajstić information content (AvgIpc) is 1.68. The molecular weight excluding hydrogens is 92.1 g/mol. The molecule has 0 rings (SSSR count). The maximum atomic E-state index is 7.89. The SMILES string of the molecule is CNC(N)NC#N. The van der Waals surface area contributed by atoms with Gasteiger partial charge in [-0.05, 0) is 7.05 Å². The fourth-order valence-corrected chi connectivity index (χ4v) is 0.142. The number of nitriles is 1. The third-order valence-corrected chi connectivity index (χ3v) is 0.531. The number of hydrogen-bond donors (Lipinski definition) is 3. The predicted octanol–water partition coefficient (Wildman–Crippen LogP) is -1.48. The molecule has 0 spiro atoms. The topological polar surface area (TPSA) is 73.9 Å². The van der Waals surface area contributed by atoms with Crippen LogP contribution in [0.5, 0.6) is 0 Å². The Morgan fingerprint density at radius 2 is 2.43 bits per heavy atom. The quantitative estimate of drug-likeness (QED) is 0.225. The zero-order valence-electron chi connectivity index (χ0n) is 4.10. The molecule has 4 heteroatoms.